The summed E-state index contributed by atoms with van der Waals surface area (Å²) in [4.78, 5) is 5.55. The molecule has 0 aromatic rings. The standard InChI is InChI=1S/C27H54Br2N2O/c1-4-6-7-8-9-10-11-12-13-14-15-16-17-18-19-20-21-24(3)27-30(5-2)25(28)26(29)31(27)22-23-32/h24-27,32H,4-23H2,1-3H3. The minimum absolute atomic E-state index is 0.224. The van der Waals surface area contributed by atoms with E-state index >= 15 is 0 Å². The number of hydrogen-bond donors (Lipinski definition) is 1. The molecule has 1 heterocycles. The van der Waals surface area contributed by atoms with Gasteiger partial charge in [0.1, 0.15) is 0 Å². The number of likely N-dealkylation sites (N-methyl/N-ethyl adjacent to an activating group) is 1. The molecule has 0 amide bonds. The quantitative estimate of drug-likeness (QED) is 0.0834. The second-order valence-corrected chi connectivity index (χ2v) is 11.9. The Labute approximate surface area is 217 Å². The number of halogens is 2. The molecule has 0 aliphatic carbocycles. The van der Waals surface area contributed by atoms with Crippen LogP contribution in [0.5, 0.6) is 0 Å². The third-order valence-corrected chi connectivity index (χ3v) is 10.0. The highest BCUT2D eigenvalue weighted by Crippen LogP contribution is 2.38. The molecule has 4 unspecified atom stereocenters. The minimum atomic E-state index is 0.224. The molecular weight excluding hydrogens is 528 g/mol. The van der Waals surface area contributed by atoms with E-state index in [1.165, 1.54) is 109 Å². The Hall–Kier alpha value is 0.840. The molecule has 5 heteroatoms. The van der Waals surface area contributed by atoms with Crippen molar-refractivity contribution in [2.24, 2.45) is 5.92 Å². The third kappa shape index (κ3) is 12.0. The van der Waals surface area contributed by atoms with Gasteiger partial charge in [-0.05, 0) is 18.9 Å². The summed E-state index contributed by atoms with van der Waals surface area (Å²) < 4.78 is 0. The highest BCUT2D eigenvalue weighted by Gasteiger charge is 2.45. The van der Waals surface area contributed by atoms with Crippen LogP contribution in [0.25, 0.3) is 0 Å². The van der Waals surface area contributed by atoms with E-state index in [-0.39, 0.29) is 11.6 Å². The predicted molar refractivity (Wildman–Crippen MR) is 149 cm³/mol. The van der Waals surface area contributed by atoms with E-state index in [1.807, 2.05) is 0 Å². The summed E-state index contributed by atoms with van der Waals surface area (Å²) in [5, 5.41) is 9.52. The van der Waals surface area contributed by atoms with E-state index in [2.05, 4.69) is 62.4 Å². The van der Waals surface area contributed by atoms with Crippen LogP contribution >= 0.6 is 31.9 Å². The Balaban J connectivity index is 2.01. The molecule has 1 rings (SSSR count). The lowest BCUT2D eigenvalue weighted by Crippen LogP contribution is -2.45. The Kier molecular flexibility index (Phi) is 19.4. The molecule has 1 saturated heterocycles. The van der Waals surface area contributed by atoms with Gasteiger partial charge in [-0.1, -0.05) is 155 Å². The maximum atomic E-state index is 9.52. The summed E-state index contributed by atoms with van der Waals surface area (Å²) in [6.45, 7) is 8.93. The molecule has 0 aromatic heterocycles. The summed E-state index contributed by atoms with van der Waals surface area (Å²) >= 11 is 7.70. The van der Waals surface area contributed by atoms with E-state index in [0.29, 0.717) is 17.0 Å². The third-order valence-electron chi connectivity index (χ3n) is 7.29. The molecule has 1 fully saturated rings. The van der Waals surface area contributed by atoms with Crippen molar-refractivity contribution in [1.82, 2.24) is 9.80 Å². The van der Waals surface area contributed by atoms with Gasteiger partial charge in [0.15, 0.2) is 0 Å². The zero-order valence-electron chi connectivity index (χ0n) is 21.5. The topological polar surface area (TPSA) is 26.7 Å². The SMILES string of the molecule is CCCCCCCCCCCCCCCCCCC(C)C1N(CC)C(Br)C(Br)N1CCO. The van der Waals surface area contributed by atoms with E-state index in [9.17, 15) is 5.11 Å². The first kappa shape index (κ1) is 30.9. The van der Waals surface area contributed by atoms with Gasteiger partial charge in [0.25, 0.3) is 0 Å². The fraction of sp³-hybridized carbons (Fsp3) is 1.00. The maximum absolute atomic E-state index is 9.52. The Morgan fingerprint density at radius 3 is 1.47 bits per heavy atom. The Morgan fingerprint density at radius 1 is 0.656 bits per heavy atom. The van der Waals surface area contributed by atoms with Crippen molar-refractivity contribution in [2.45, 2.75) is 146 Å². The number of β-amino-alcohol motifs (C(OH)–C–C–N with tert-alkyl or cyclic N) is 1. The largest absolute Gasteiger partial charge is 0.395 e. The molecule has 3 nitrogen and oxygen atoms in total. The maximum Gasteiger partial charge on any atom is 0.0928 e. The van der Waals surface area contributed by atoms with Gasteiger partial charge in [0.05, 0.1) is 22.7 Å². The van der Waals surface area contributed by atoms with Crippen molar-refractivity contribution >= 4 is 31.9 Å². The monoisotopic (exact) mass is 580 g/mol. The fourth-order valence-electron chi connectivity index (χ4n) is 5.35. The van der Waals surface area contributed by atoms with Crippen molar-refractivity contribution in [1.29, 1.82) is 0 Å². The summed E-state index contributed by atoms with van der Waals surface area (Å²) in [6.07, 6.45) is 24.5. The lowest BCUT2D eigenvalue weighted by molar-refractivity contribution is 0.0663. The number of alkyl halides is 2. The van der Waals surface area contributed by atoms with Crippen molar-refractivity contribution in [3.05, 3.63) is 0 Å². The van der Waals surface area contributed by atoms with Crippen LogP contribution in [-0.2, 0) is 0 Å². The average Bonchev–Trinajstić information content (AvgIpc) is 3.03. The molecule has 1 N–H and O–H groups in total. The lowest BCUT2D eigenvalue weighted by atomic mass is 9.97. The van der Waals surface area contributed by atoms with Crippen molar-refractivity contribution < 1.29 is 5.11 Å². The summed E-state index contributed by atoms with van der Waals surface area (Å²) in [6, 6.07) is 0. The van der Waals surface area contributed by atoms with Crippen LogP contribution in [0.15, 0.2) is 0 Å². The van der Waals surface area contributed by atoms with Crippen LogP contribution in [0, 0.1) is 5.92 Å². The summed E-state index contributed by atoms with van der Waals surface area (Å²) in [7, 11) is 0. The highest BCUT2D eigenvalue weighted by molar-refractivity contribution is 9.12. The summed E-state index contributed by atoms with van der Waals surface area (Å²) in [5.41, 5.74) is 0. The molecule has 0 saturated carbocycles. The Morgan fingerprint density at radius 2 is 1.06 bits per heavy atom. The normalized spacial score (nSPS) is 23.2. The van der Waals surface area contributed by atoms with Gasteiger partial charge in [0.2, 0.25) is 0 Å². The molecule has 1 aliphatic rings. The van der Waals surface area contributed by atoms with Crippen molar-refractivity contribution in [3.8, 4) is 0 Å². The Bertz CT molecular complexity index is 426. The number of unbranched alkanes of at least 4 members (excludes halogenated alkanes) is 15. The molecule has 0 bridgehead atoms. The molecule has 0 spiro atoms. The minimum Gasteiger partial charge on any atom is -0.395 e. The van der Waals surface area contributed by atoms with Gasteiger partial charge >= 0.3 is 0 Å². The van der Waals surface area contributed by atoms with E-state index in [0.717, 1.165) is 13.1 Å². The first-order valence-corrected chi connectivity index (χ1v) is 15.8. The van der Waals surface area contributed by atoms with E-state index in [4.69, 9.17) is 0 Å². The van der Waals surface area contributed by atoms with Gasteiger partial charge in [0, 0.05) is 6.54 Å². The second-order valence-electron chi connectivity index (χ2n) is 10.0. The zero-order chi connectivity index (χ0) is 23.6. The number of nitrogens with zero attached hydrogens (tertiary/aromatic N) is 2. The molecule has 4 atom stereocenters. The average molecular weight is 583 g/mol. The molecule has 0 radical (unpaired) electrons. The van der Waals surface area contributed by atoms with E-state index < -0.39 is 0 Å². The van der Waals surface area contributed by atoms with Crippen LogP contribution in [-0.4, -0.2) is 50.7 Å². The predicted octanol–water partition coefficient (Wildman–Crippen LogP) is 8.67. The first-order chi connectivity index (χ1) is 15.6. The fourth-order valence-corrected chi connectivity index (χ4v) is 6.93. The summed E-state index contributed by atoms with van der Waals surface area (Å²) in [5.74, 6) is 0.621. The number of hydrogen-bond acceptors (Lipinski definition) is 3. The van der Waals surface area contributed by atoms with Gasteiger partial charge in [-0.2, -0.15) is 0 Å². The number of aliphatic hydroxyl groups is 1. The number of aliphatic hydroxyl groups excluding tert-OH is 1. The number of rotatable bonds is 21. The molecule has 32 heavy (non-hydrogen) atoms. The molecular formula is C27H54Br2N2O. The van der Waals surface area contributed by atoms with Gasteiger partial charge in [-0.15, -0.1) is 0 Å². The van der Waals surface area contributed by atoms with Crippen LogP contribution in [0.1, 0.15) is 130 Å². The van der Waals surface area contributed by atoms with Crippen LogP contribution in [0.2, 0.25) is 0 Å². The first-order valence-electron chi connectivity index (χ1n) is 14.0. The van der Waals surface area contributed by atoms with Gasteiger partial charge in [-0.25, -0.2) is 0 Å². The van der Waals surface area contributed by atoms with Crippen molar-refractivity contribution in [2.75, 3.05) is 19.7 Å². The highest BCUT2D eigenvalue weighted by atomic mass is 79.9. The van der Waals surface area contributed by atoms with Gasteiger partial charge < -0.3 is 5.11 Å². The van der Waals surface area contributed by atoms with Crippen molar-refractivity contribution in [3.63, 3.8) is 0 Å². The van der Waals surface area contributed by atoms with Crippen LogP contribution in [0.4, 0.5) is 0 Å². The molecule has 192 valence electrons. The van der Waals surface area contributed by atoms with Crippen LogP contribution < -0.4 is 0 Å². The zero-order valence-corrected chi connectivity index (χ0v) is 24.7. The molecule has 0 aromatic carbocycles. The smallest absolute Gasteiger partial charge is 0.0928 e. The lowest BCUT2D eigenvalue weighted by Gasteiger charge is -2.35. The molecule has 1 aliphatic heterocycles. The van der Waals surface area contributed by atoms with Crippen LogP contribution in [0.3, 0.4) is 0 Å². The van der Waals surface area contributed by atoms with Gasteiger partial charge in [-0.3, -0.25) is 9.80 Å². The van der Waals surface area contributed by atoms with E-state index in [1.54, 1.807) is 0 Å². The second kappa shape index (κ2) is 20.1.